The van der Waals surface area contributed by atoms with Gasteiger partial charge in [-0.3, -0.25) is 0 Å². The molecule has 0 saturated heterocycles. The van der Waals surface area contributed by atoms with Crippen molar-refractivity contribution in [3.05, 3.63) is 28.1 Å². The molecule has 2 rings (SSSR count). The number of thiophene rings is 1. The topological polar surface area (TPSA) is 57.5 Å². The molecule has 1 heterocycles. The molecule has 0 unspecified atom stereocenters. The molecule has 1 aromatic heterocycles. The Morgan fingerprint density at radius 3 is 2.79 bits per heavy atom. The minimum absolute atomic E-state index is 0.0297. The standard InChI is InChI=1S/C9H5ClO3S/c10-7-5(11)2-1-4-3-6(9(12)13)14-8(4)7/h1-3,11H,(H,12,13). The Morgan fingerprint density at radius 2 is 2.14 bits per heavy atom. The maximum atomic E-state index is 10.7. The summed E-state index contributed by atoms with van der Waals surface area (Å²) in [7, 11) is 0. The highest BCUT2D eigenvalue weighted by molar-refractivity contribution is 7.21. The zero-order valence-corrected chi connectivity index (χ0v) is 8.39. The largest absolute Gasteiger partial charge is 0.506 e. The van der Waals surface area contributed by atoms with E-state index in [4.69, 9.17) is 16.7 Å². The molecular weight excluding hydrogens is 224 g/mol. The molecule has 3 nitrogen and oxygen atoms in total. The maximum Gasteiger partial charge on any atom is 0.345 e. The summed E-state index contributed by atoms with van der Waals surface area (Å²) < 4.78 is 0.601. The highest BCUT2D eigenvalue weighted by atomic mass is 35.5. The highest BCUT2D eigenvalue weighted by Gasteiger charge is 2.12. The Labute approximate surface area is 88.2 Å². The molecule has 0 saturated carbocycles. The molecule has 72 valence electrons. The van der Waals surface area contributed by atoms with Crippen molar-refractivity contribution in [3.63, 3.8) is 0 Å². The van der Waals surface area contributed by atoms with Gasteiger partial charge in [-0.2, -0.15) is 0 Å². The maximum absolute atomic E-state index is 10.7. The average molecular weight is 229 g/mol. The first kappa shape index (κ1) is 9.30. The Balaban J connectivity index is 2.77. The number of hydrogen-bond donors (Lipinski definition) is 2. The van der Waals surface area contributed by atoms with Crippen molar-refractivity contribution in [2.24, 2.45) is 0 Å². The van der Waals surface area contributed by atoms with Crippen molar-refractivity contribution < 1.29 is 15.0 Å². The fourth-order valence-electron chi connectivity index (χ4n) is 1.16. The van der Waals surface area contributed by atoms with E-state index in [9.17, 15) is 9.90 Å². The molecule has 0 aliphatic heterocycles. The number of benzene rings is 1. The van der Waals surface area contributed by atoms with Crippen LogP contribution in [0.3, 0.4) is 0 Å². The second kappa shape index (κ2) is 3.15. The van der Waals surface area contributed by atoms with Gasteiger partial charge in [0.25, 0.3) is 0 Å². The first-order valence-electron chi connectivity index (χ1n) is 3.74. The molecule has 5 heteroatoms. The summed E-state index contributed by atoms with van der Waals surface area (Å²) in [6, 6.07) is 4.62. The Hall–Kier alpha value is -1.26. The summed E-state index contributed by atoms with van der Waals surface area (Å²) in [5, 5.41) is 19.0. The number of rotatable bonds is 1. The number of fused-ring (bicyclic) bond motifs is 1. The SMILES string of the molecule is O=C(O)c1cc2ccc(O)c(Cl)c2s1. The number of carboxylic acids is 1. The number of phenols is 1. The van der Waals surface area contributed by atoms with Crippen LogP contribution in [-0.4, -0.2) is 16.2 Å². The third kappa shape index (κ3) is 1.32. The molecule has 0 bridgehead atoms. The van der Waals surface area contributed by atoms with E-state index in [0.29, 0.717) is 4.70 Å². The van der Waals surface area contributed by atoms with Crippen LogP contribution >= 0.6 is 22.9 Å². The molecular formula is C9H5ClO3S. The lowest BCUT2D eigenvalue weighted by atomic mass is 10.2. The van der Waals surface area contributed by atoms with Crippen molar-refractivity contribution in [2.45, 2.75) is 0 Å². The fourth-order valence-corrected chi connectivity index (χ4v) is 2.38. The number of carbonyl (C=O) groups is 1. The summed E-state index contributed by atoms with van der Waals surface area (Å²) in [4.78, 5) is 10.9. The number of hydrogen-bond acceptors (Lipinski definition) is 3. The fraction of sp³-hybridized carbons (Fsp3) is 0. The molecule has 2 aromatic rings. The van der Waals surface area contributed by atoms with E-state index >= 15 is 0 Å². The summed E-state index contributed by atoms with van der Waals surface area (Å²) >= 11 is 6.87. The van der Waals surface area contributed by atoms with E-state index in [1.807, 2.05) is 0 Å². The Morgan fingerprint density at radius 1 is 1.43 bits per heavy atom. The lowest BCUT2D eigenvalue weighted by Gasteiger charge is -1.95. The summed E-state index contributed by atoms with van der Waals surface area (Å²) in [6.07, 6.45) is 0. The molecule has 0 amide bonds. The third-order valence-corrected chi connectivity index (χ3v) is 3.47. The minimum Gasteiger partial charge on any atom is -0.506 e. The molecule has 1 aromatic carbocycles. The molecule has 14 heavy (non-hydrogen) atoms. The van der Waals surface area contributed by atoms with Gasteiger partial charge in [-0.1, -0.05) is 11.6 Å². The van der Waals surface area contributed by atoms with Gasteiger partial charge in [-0.25, -0.2) is 4.79 Å². The van der Waals surface area contributed by atoms with Gasteiger partial charge < -0.3 is 10.2 Å². The quantitative estimate of drug-likeness (QED) is 0.789. The minimum atomic E-state index is -0.984. The van der Waals surface area contributed by atoms with Crippen molar-refractivity contribution in [1.29, 1.82) is 0 Å². The summed E-state index contributed by atoms with van der Waals surface area (Å²) in [5.74, 6) is -1.01. The zero-order chi connectivity index (χ0) is 10.3. The average Bonchev–Trinajstić information content (AvgIpc) is 2.56. The number of aromatic hydroxyl groups is 1. The van der Waals surface area contributed by atoms with Crippen molar-refractivity contribution >= 4 is 39.0 Å². The van der Waals surface area contributed by atoms with Crippen LogP contribution in [0.5, 0.6) is 5.75 Å². The molecule has 2 N–H and O–H groups in total. The summed E-state index contributed by atoms with van der Waals surface area (Å²) in [5.41, 5.74) is 0. The lowest BCUT2D eigenvalue weighted by molar-refractivity contribution is 0.0702. The first-order valence-corrected chi connectivity index (χ1v) is 4.93. The second-order valence-electron chi connectivity index (χ2n) is 2.73. The van der Waals surface area contributed by atoms with E-state index < -0.39 is 5.97 Å². The molecule has 0 atom stereocenters. The lowest BCUT2D eigenvalue weighted by Crippen LogP contribution is -1.89. The van der Waals surface area contributed by atoms with E-state index in [1.54, 1.807) is 6.07 Å². The monoisotopic (exact) mass is 228 g/mol. The number of carboxylic acid groups (broad SMARTS) is 1. The molecule has 0 fully saturated rings. The summed E-state index contributed by atoms with van der Waals surface area (Å²) in [6.45, 7) is 0. The third-order valence-electron chi connectivity index (χ3n) is 1.82. The van der Waals surface area contributed by atoms with E-state index in [0.717, 1.165) is 16.7 Å². The van der Waals surface area contributed by atoms with Gasteiger partial charge in [-0.15, -0.1) is 11.3 Å². The smallest absolute Gasteiger partial charge is 0.345 e. The zero-order valence-electron chi connectivity index (χ0n) is 6.82. The number of aromatic carboxylic acids is 1. The van der Waals surface area contributed by atoms with Gasteiger partial charge >= 0.3 is 5.97 Å². The van der Waals surface area contributed by atoms with E-state index in [-0.39, 0.29) is 15.6 Å². The predicted molar refractivity (Wildman–Crippen MR) is 55.5 cm³/mol. The van der Waals surface area contributed by atoms with Gasteiger partial charge in [0.05, 0.1) is 4.70 Å². The number of phenolic OH excluding ortho intramolecular Hbond substituents is 1. The molecule has 0 aliphatic rings. The van der Waals surface area contributed by atoms with E-state index in [2.05, 4.69) is 0 Å². The Bertz CT molecular complexity index is 518. The molecule has 0 spiro atoms. The van der Waals surface area contributed by atoms with Crippen LogP contribution in [0.1, 0.15) is 9.67 Å². The number of halogens is 1. The van der Waals surface area contributed by atoms with E-state index in [1.165, 1.54) is 12.1 Å². The van der Waals surface area contributed by atoms with Crippen LogP contribution in [0, 0.1) is 0 Å². The van der Waals surface area contributed by atoms with Gasteiger partial charge in [0.2, 0.25) is 0 Å². The van der Waals surface area contributed by atoms with Gasteiger partial charge in [0, 0.05) is 0 Å². The van der Waals surface area contributed by atoms with Gasteiger partial charge in [0.15, 0.2) is 0 Å². The normalized spacial score (nSPS) is 10.6. The van der Waals surface area contributed by atoms with Crippen LogP contribution in [-0.2, 0) is 0 Å². The van der Waals surface area contributed by atoms with Crippen molar-refractivity contribution in [2.75, 3.05) is 0 Å². The molecule has 0 radical (unpaired) electrons. The van der Waals surface area contributed by atoms with Crippen LogP contribution in [0.15, 0.2) is 18.2 Å². The first-order chi connectivity index (χ1) is 6.59. The Kier molecular flexibility index (Phi) is 2.09. The molecule has 0 aliphatic carbocycles. The predicted octanol–water partition coefficient (Wildman–Crippen LogP) is 2.96. The van der Waals surface area contributed by atoms with Crippen molar-refractivity contribution in [1.82, 2.24) is 0 Å². The van der Waals surface area contributed by atoms with Crippen LogP contribution < -0.4 is 0 Å². The van der Waals surface area contributed by atoms with Crippen molar-refractivity contribution in [3.8, 4) is 5.75 Å². The van der Waals surface area contributed by atoms with Gasteiger partial charge in [-0.05, 0) is 23.6 Å². The second-order valence-corrected chi connectivity index (χ2v) is 4.16. The van der Waals surface area contributed by atoms with Crippen LogP contribution in [0.2, 0.25) is 5.02 Å². The van der Waals surface area contributed by atoms with Gasteiger partial charge in [0.1, 0.15) is 15.6 Å². The van der Waals surface area contributed by atoms with Crippen LogP contribution in [0.4, 0.5) is 0 Å². The van der Waals surface area contributed by atoms with Crippen LogP contribution in [0.25, 0.3) is 10.1 Å². The highest BCUT2D eigenvalue weighted by Crippen LogP contribution is 2.37.